The van der Waals surface area contributed by atoms with Crippen molar-refractivity contribution in [1.82, 2.24) is 0 Å². The van der Waals surface area contributed by atoms with Crippen LogP contribution in [0.1, 0.15) is 5.56 Å². The summed E-state index contributed by atoms with van der Waals surface area (Å²) in [6.07, 6.45) is 0. The van der Waals surface area contributed by atoms with Crippen molar-refractivity contribution in [3.05, 3.63) is 63.6 Å². The van der Waals surface area contributed by atoms with Crippen LogP contribution >= 0.6 is 35.0 Å². The number of anilines is 1. The van der Waals surface area contributed by atoms with Crippen molar-refractivity contribution in [2.45, 2.75) is 5.75 Å². The van der Waals surface area contributed by atoms with Gasteiger partial charge in [0.25, 0.3) is 0 Å². The van der Waals surface area contributed by atoms with Gasteiger partial charge in [0.2, 0.25) is 5.91 Å². The Morgan fingerprint density at radius 3 is 2.59 bits per heavy atom. The maximum absolute atomic E-state index is 13.6. The summed E-state index contributed by atoms with van der Waals surface area (Å²) in [6, 6.07) is 8.14. The molecule has 0 radical (unpaired) electrons. The third kappa shape index (κ3) is 4.60. The Bertz CT molecular complexity index is 677. The van der Waals surface area contributed by atoms with Crippen LogP contribution in [0, 0.1) is 11.6 Å². The molecule has 2 rings (SSSR count). The molecule has 0 aliphatic heterocycles. The van der Waals surface area contributed by atoms with E-state index < -0.39 is 11.6 Å². The van der Waals surface area contributed by atoms with Crippen LogP contribution in [0.2, 0.25) is 10.0 Å². The minimum absolute atomic E-state index is 0.0956. The highest BCUT2D eigenvalue weighted by Gasteiger charge is 2.10. The number of amides is 1. The van der Waals surface area contributed by atoms with Crippen LogP contribution in [0.4, 0.5) is 14.5 Å². The standard InChI is InChI=1S/C15H11Cl2F2NOS/c16-11-2-1-3-13(19)10(11)7-22-8-15(21)20-14-5-4-9(18)6-12(14)17/h1-6H,7-8H2,(H,20,21). The lowest BCUT2D eigenvalue weighted by atomic mass is 10.2. The summed E-state index contributed by atoms with van der Waals surface area (Å²) < 4.78 is 26.5. The fraction of sp³-hybridized carbons (Fsp3) is 0.133. The van der Waals surface area contributed by atoms with Gasteiger partial charge in [-0.25, -0.2) is 8.78 Å². The monoisotopic (exact) mass is 361 g/mol. The molecule has 2 nitrogen and oxygen atoms in total. The van der Waals surface area contributed by atoms with Gasteiger partial charge in [0.15, 0.2) is 0 Å². The molecule has 2 aromatic rings. The normalized spacial score (nSPS) is 10.5. The lowest BCUT2D eigenvalue weighted by Gasteiger charge is -2.08. The number of thioether (sulfide) groups is 1. The Hall–Kier alpha value is -1.30. The molecule has 2 aromatic carbocycles. The van der Waals surface area contributed by atoms with Crippen molar-refractivity contribution in [3.8, 4) is 0 Å². The molecule has 0 heterocycles. The van der Waals surface area contributed by atoms with Crippen LogP contribution in [0.3, 0.4) is 0 Å². The highest BCUT2D eigenvalue weighted by Crippen LogP contribution is 2.25. The lowest BCUT2D eigenvalue weighted by Crippen LogP contribution is -2.14. The third-order valence-corrected chi connectivity index (χ3v) is 4.37. The average molecular weight is 362 g/mol. The van der Waals surface area contributed by atoms with Gasteiger partial charge in [-0.3, -0.25) is 4.79 Å². The predicted octanol–water partition coefficient (Wildman–Crippen LogP) is 5.14. The highest BCUT2D eigenvalue weighted by atomic mass is 35.5. The summed E-state index contributed by atoms with van der Waals surface area (Å²) in [4.78, 5) is 11.8. The molecule has 0 unspecified atom stereocenters. The van der Waals surface area contributed by atoms with E-state index in [2.05, 4.69) is 5.32 Å². The molecule has 0 saturated heterocycles. The number of halogens is 4. The van der Waals surface area contributed by atoms with E-state index in [1.165, 1.54) is 36.0 Å². The Morgan fingerprint density at radius 2 is 1.91 bits per heavy atom. The second-order valence-electron chi connectivity index (χ2n) is 4.37. The molecular weight excluding hydrogens is 351 g/mol. The Labute approximate surface area is 140 Å². The molecule has 116 valence electrons. The van der Waals surface area contributed by atoms with E-state index in [0.717, 1.165) is 6.07 Å². The molecule has 0 aliphatic carbocycles. The van der Waals surface area contributed by atoms with Crippen LogP contribution in [-0.2, 0) is 10.5 Å². The van der Waals surface area contributed by atoms with E-state index in [-0.39, 0.29) is 22.4 Å². The number of carbonyl (C=O) groups excluding carboxylic acids is 1. The fourth-order valence-corrected chi connectivity index (χ4v) is 3.07. The Morgan fingerprint density at radius 1 is 1.14 bits per heavy atom. The van der Waals surface area contributed by atoms with E-state index in [4.69, 9.17) is 23.2 Å². The second-order valence-corrected chi connectivity index (χ2v) is 6.17. The molecule has 0 saturated carbocycles. The minimum Gasteiger partial charge on any atom is -0.324 e. The summed E-state index contributed by atoms with van der Waals surface area (Å²) in [7, 11) is 0. The van der Waals surface area contributed by atoms with Gasteiger partial charge in [-0.1, -0.05) is 29.3 Å². The number of carbonyl (C=O) groups is 1. The van der Waals surface area contributed by atoms with Gasteiger partial charge in [0.05, 0.1) is 16.5 Å². The number of benzene rings is 2. The molecule has 1 N–H and O–H groups in total. The topological polar surface area (TPSA) is 29.1 Å². The molecule has 1 amide bonds. The van der Waals surface area contributed by atoms with Gasteiger partial charge in [-0.05, 0) is 30.3 Å². The zero-order valence-corrected chi connectivity index (χ0v) is 13.5. The molecule has 0 aromatic heterocycles. The van der Waals surface area contributed by atoms with Crippen molar-refractivity contribution in [1.29, 1.82) is 0 Å². The minimum atomic E-state index is -0.480. The van der Waals surface area contributed by atoms with Crippen LogP contribution in [0.25, 0.3) is 0 Å². The van der Waals surface area contributed by atoms with Crippen molar-refractivity contribution in [2.75, 3.05) is 11.1 Å². The fourth-order valence-electron chi connectivity index (χ4n) is 1.69. The van der Waals surface area contributed by atoms with E-state index in [1.54, 1.807) is 6.07 Å². The first-order chi connectivity index (χ1) is 10.5. The predicted molar refractivity (Wildman–Crippen MR) is 87.6 cm³/mol. The van der Waals surface area contributed by atoms with E-state index >= 15 is 0 Å². The average Bonchev–Trinajstić information content (AvgIpc) is 2.45. The maximum atomic E-state index is 13.6. The summed E-state index contributed by atoms with van der Waals surface area (Å²) in [5.41, 5.74) is 0.694. The number of rotatable bonds is 5. The van der Waals surface area contributed by atoms with Crippen LogP contribution < -0.4 is 5.32 Å². The summed E-state index contributed by atoms with van der Waals surface area (Å²) in [6.45, 7) is 0. The lowest BCUT2D eigenvalue weighted by molar-refractivity contribution is -0.113. The van der Waals surface area contributed by atoms with Crippen LogP contribution in [0.5, 0.6) is 0 Å². The molecule has 0 atom stereocenters. The molecule has 0 fully saturated rings. The summed E-state index contributed by atoms with van der Waals surface area (Å²) in [5, 5.41) is 3.02. The first-order valence-electron chi connectivity index (χ1n) is 6.23. The number of hydrogen-bond donors (Lipinski definition) is 1. The summed E-state index contributed by atoms with van der Waals surface area (Å²) >= 11 is 12.9. The van der Waals surface area contributed by atoms with Crippen molar-refractivity contribution < 1.29 is 13.6 Å². The molecule has 7 heteroatoms. The molecule has 0 aliphatic rings. The summed E-state index contributed by atoms with van der Waals surface area (Å²) in [5.74, 6) is -0.825. The first kappa shape index (κ1) is 17.1. The van der Waals surface area contributed by atoms with Crippen molar-refractivity contribution >= 4 is 46.6 Å². The van der Waals surface area contributed by atoms with Crippen LogP contribution in [-0.4, -0.2) is 11.7 Å². The zero-order chi connectivity index (χ0) is 16.1. The van der Waals surface area contributed by atoms with E-state index in [0.29, 0.717) is 16.3 Å². The van der Waals surface area contributed by atoms with Gasteiger partial charge >= 0.3 is 0 Å². The first-order valence-corrected chi connectivity index (χ1v) is 8.14. The zero-order valence-electron chi connectivity index (χ0n) is 11.2. The number of hydrogen-bond acceptors (Lipinski definition) is 2. The molecule has 0 spiro atoms. The SMILES string of the molecule is O=C(CSCc1c(F)cccc1Cl)Nc1ccc(F)cc1Cl. The largest absolute Gasteiger partial charge is 0.324 e. The smallest absolute Gasteiger partial charge is 0.234 e. The third-order valence-electron chi connectivity index (χ3n) is 2.75. The molecule has 0 bridgehead atoms. The molecule has 22 heavy (non-hydrogen) atoms. The van der Waals surface area contributed by atoms with Gasteiger partial charge in [0, 0.05) is 16.3 Å². The van der Waals surface area contributed by atoms with Crippen LogP contribution in [0.15, 0.2) is 36.4 Å². The van der Waals surface area contributed by atoms with E-state index in [1.807, 2.05) is 0 Å². The second kappa shape index (κ2) is 7.81. The Balaban J connectivity index is 1.88. The van der Waals surface area contributed by atoms with Gasteiger partial charge in [-0.15, -0.1) is 11.8 Å². The van der Waals surface area contributed by atoms with Gasteiger partial charge in [-0.2, -0.15) is 0 Å². The Kier molecular flexibility index (Phi) is 6.06. The molecular formula is C15H11Cl2F2NOS. The maximum Gasteiger partial charge on any atom is 0.234 e. The van der Waals surface area contributed by atoms with E-state index in [9.17, 15) is 13.6 Å². The van der Waals surface area contributed by atoms with Gasteiger partial charge < -0.3 is 5.32 Å². The quantitative estimate of drug-likeness (QED) is 0.798. The number of nitrogens with one attached hydrogen (secondary N) is 1. The van der Waals surface area contributed by atoms with Crippen molar-refractivity contribution in [3.63, 3.8) is 0 Å². The highest BCUT2D eigenvalue weighted by molar-refractivity contribution is 7.99. The van der Waals surface area contributed by atoms with Crippen molar-refractivity contribution in [2.24, 2.45) is 0 Å². The van der Waals surface area contributed by atoms with Gasteiger partial charge in [0.1, 0.15) is 11.6 Å².